The third kappa shape index (κ3) is 4.04. The average Bonchev–Trinajstić information content (AvgIpc) is 2.78. The number of benzene rings is 3. The zero-order valence-corrected chi connectivity index (χ0v) is 18.1. The SMILES string of the molecule is CC/N=c1\ccc2c(-c3ccccc3C(=O)OCC)c3ccc(NCC)cc3oc-2c1. The topological polar surface area (TPSA) is 63.8 Å². The van der Waals surface area contributed by atoms with Crippen LogP contribution in [0.1, 0.15) is 31.1 Å². The van der Waals surface area contributed by atoms with Gasteiger partial charge in [-0.25, -0.2) is 4.79 Å². The molecule has 1 aliphatic heterocycles. The Labute approximate surface area is 181 Å². The van der Waals surface area contributed by atoms with Gasteiger partial charge < -0.3 is 14.5 Å². The van der Waals surface area contributed by atoms with E-state index >= 15 is 0 Å². The van der Waals surface area contributed by atoms with E-state index in [1.54, 1.807) is 0 Å². The molecule has 5 heteroatoms. The van der Waals surface area contributed by atoms with Gasteiger partial charge in [0.05, 0.1) is 17.5 Å². The standard InChI is InChI=1S/C26H26N2O3/c1-4-27-17-11-13-21-23(15-17)31-24-16-18(28-5-2)12-14-22(24)25(21)19-9-7-8-10-20(19)26(29)30-6-3/h7-16,27H,4-6H2,1-3H3/b28-18+. The molecule has 2 aliphatic rings. The number of hydrogen-bond acceptors (Lipinski definition) is 5. The van der Waals surface area contributed by atoms with E-state index in [2.05, 4.69) is 17.2 Å². The minimum absolute atomic E-state index is 0.326. The monoisotopic (exact) mass is 414 g/mol. The van der Waals surface area contributed by atoms with Gasteiger partial charge in [-0.15, -0.1) is 0 Å². The molecule has 2 aromatic carbocycles. The first-order valence-corrected chi connectivity index (χ1v) is 10.7. The lowest BCUT2D eigenvalue weighted by Gasteiger charge is -2.18. The van der Waals surface area contributed by atoms with E-state index in [4.69, 9.17) is 9.15 Å². The molecule has 4 rings (SSSR count). The minimum Gasteiger partial charge on any atom is -0.462 e. The number of hydrogen-bond donors (Lipinski definition) is 1. The number of ether oxygens (including phenoxy) is 1. The van der Waals surface area contributed by atoms with Crippen molar-refractivity contribution in [3.63, 3.8) is 0 Å². The van der Waals surface area contributed by atoms with Crippen molar-refractivity contribution in [1.82, 2.24) is 0 Å². The lowest BCUT2D eigenvalue weighted by atomic mass is 9.90. The summed E-state index contributed by atoms with van der Waals surface area (Å²) in [6.45, 7) is 7.71. The number of rotatable bonds is 6. The lowest BCUT2D eigenvalue weighted by Crippen LogP contribution is -2.08. The molecule has 0 bridgehead atoms. The summed E-state index contributed by atoms with van der Waals surface area (Å²) in [7, 11) is 0. The zero-order chi connectivity index (χ0) is 21.8. The van der Waals surface area contributed by atoms with Gasteiger partial charge in [0.2, 0.25) is 0 Å². The second-order valence-electron chi connectivity index (χ2n) is 7.14. The molecule has 2 aromatic rings. The van der Waals surface area contributed by atoms with Crippen LogP contribution in [0, 0.1) is 0 Å². The number of carbonyl (C=O) groups is 1. The Morgan fingerprint density at radius 2 is 1.84 bits per heavy atom. The molecular formula is C26H26N2O3. The largest absolute Gasteiger partial charge is 0.462 e. The van der Waals surface area contributed by atoms with Crippen molar-refractivity contribution >= 4 is 22.6 Å². The lowest BCUT2D eigenvalue weighted by molar-refractivity contribution is 0.0527. The van der Waals surface area contributed by atoms with Crippen molar-refractivity contribution in [3.05, 3.63) is 71.6 Å². The Kier molecular flexibility index (Phi) is 6.03. The van der Waals surface area contributed by atoms with Gasteiger partial charge in [0, 0.05) is 47.4 Å². The molecule has 0 atom stereocenters. The van der Waals surface area contributed by atoms with Crippen LogP contribution in [-0.2, 0) is 4.74 Å². The van der Waals surface area contributed by atoms with Gasteiger partial charge in [0.1, 0.15) is 11.3 Å². The maximum atomic E-state index is 12.7. The Morgan fingerprint density at radius 3 is 2.61 bits per heavy atom. The molecule has 0 aromatic heterocycles. The van der Waals surface area contributed by atoms with Crippen molar-refractivity contribution in [2.75, 3.05) is 25.0 Å². The summed E-state index contributed by atoms with van der Waals surface area (Å²) in [6.07, 6.45) is 0. The van der Waals surface area contributed by atoms with Crippen LogP contribution in [0.4, 0.5) is 5.69 Å². The summed E-state index contributed by atoms with van der Waals surface area (Å²) in [5.41, 5.74) is 4.96. The molecule has 0 fully saturated rings. The Balaban J connectivity index is 2.08. The predicted octanol–water partition coefficient (Wildman–Crippen LogP) is 5.73. The molecule has 1 heterocycles. The fourth-order valence-electron chi connectivity index (χ4n) is 3.85. The van der Waals surface area contributed by atoms with E-state index < -0.39 is 0 Å². The highest BCUT2D eigenvalue weighted by molar-refractivity contribution is 6.08. The maximum absolute atomic E-state index is 12.7. The highest BCUT2D eigenvalue weighted by Gasteiger charge is 2.22. The van der Waals surface area contributed by atoms with Gasteiger partial charge in [0.15, 0.2) is 0 Å². The van der Waals surface area contributed by atoms with Crippen LogP contribution in [0.15, 0.2) is 70.1 Å². The van der Waals surface area contributed by atoms with Gasteiger partial charge in [-0.3, -0.25) is 4.99 Å². The third-order valence-corrected chi connectivity index (χ3v) is 5.12. The second-order valence-corrected chi connectivity index (χ2v) is 7.14. The van der Waals surface area contributed by atoms with Gasteiger partial charge in [-0.2, -0.15) is 0 Å². The van der Waals surface area contributed by atoms with Crippen molar-refractivity contribution < 1.29 is 13.9 Å². The van der Waals surface area contributed by atoms with Crippen molar-refractivity contribution in [3.8, 4) is 22.5 Å². The smallest absolute Gasteiger partial charge is 0.338 e. The van der Waals surface area contributed by atoms with Gasteiger partial charge in [-0.1, -0.05) is 18.2 Å². The molecule has 0 unspecified atom stereocenters. The Hall–Kier alpha value is -3.60. The van der Waals surface area contributed by atoms with E-state index in [1.807, 2.05) is 74.5 Å². The number of esters is 1. The number of nitrogens with zero attached hydrogens (tertiary/aromatic N) is 1. The first-order chi connectivity index (χ1) is 15.2. The first kappa shape index (κ1) is 20.7. The van der Waals surface area contributed by atoms with Gasteiger partial charge in [-0.05, 0) is 56.7 Å². The first-order valence-electron chi connectivity index (χ1n) is 10.7. The van der Waals surface area contributed by atoms with Crippen LogP contribution in [-0.4, -0.2) is 25.7 Å². The predicted molar refractivity (Wildman–Crippen MR) is 124 cm³/mol. The summed E-state index contributed by atoms with van der Waals surface area (Å²) in [5.74, 6) is 0.395. The van der Waals surface area contributed by atoms with E-state index in [0.29, 0.717) is 18.7 Å². The van der Waals surface area contributed by atoms with Crippen LogP contribution in [0.5, 0.6) is 0 Å². The molecule has 0 saturated carbocycles. The molecule has 0 amide bonds. The van der Waals surface area contributed by atoms with Crippen molar-refractivity contribution in [1.29, 1.82) is 0 Å². The quantitative estimate of drug-likeness (QED) is 0.323. The summed E-state index contributed by atoms with van der Waals surface area (Å²) < 4.78 is 11.6. The summed E-state index contributed by atoms with van der Waals surface area (Å²) >= 11 is 0. The molecule has 5 nitrogen and oxygen atoms in total. The molecule has 0 spiro atoms. The van der Waals surface area contributed by atoms with E-state index in [9.17, 15) is 4.79 Å². The molecule has 31 heavy (non-hydrogen) atoms. The number of carbonyl (C=O) groups excluding carboxylic acids is 1. The number of nitrogens with one attached hydrogen (secondary N) is 1. The average molecular weight is 415 g/mol. The highest BCUT2D eigenvalue weighted by Crippen LogP contribution is 2.41. The van der Waals surface area contributed by atoms with Crippen LogP contribution in [0.25, 0.3) is 33.4 Å². The zero-order valence-electron chi connectivity index (χ0n) is 18.1. The summed E-state index contributed by atoms with van der Waals surface area (Å²) in [5, 5.41) is 5.13. The van der Waals surface area contributed by atoms with Gasteiger partial charge >= 0.3 is 5.97 Å². The van der Waals surface area contributed by atoms with E-state index in [-0.39, 0.29) is 5.97 Å². The molecule has 1 N–H and O–H groups in total. The van der Waals surface area contributed by atoms with Crippen LogP contribution in [0.2, 0.25) is 0 Å². The summed E-state index contributed by atoms with van der Waals surface area (Å²) in [6, 6.07) is 19.6. The van der Waals surface area contributed by atoms with E-state index in [0.717, 1.165) is 51.0 Å². The second kappa shape index (κ2) is 9.04. The minimum atomic E-state index is -0.331. The van der Waals surface area contributed by atoms with E-state index in [1.165, 1.54) is 0 Å². The fourth-order valence-corrected chi connectivity index (χ4v) is 3.85. The molecule has 0 radical (unpaired) electrons. The summed E-state index contributed by atoms with van der Waals surface area (Å²) in [4.78, 5) is 17.2. The molecular weight excluding hydrogens is 388 g/mol. The highest BCUT2D eigenvalue weighted by atomic mass is 16.5. The fraction of sp³-hybridized carbons (Fsp3) is 0.231. The Morgan fingerprint density at radius 1 is 1.00 bits per heavy atom. The normalized spacial score (nSPS) is 11.8. The third-order valence-electron chi connectivity index (χ3n) is 5.12. The van der Waals surface area contributed by atoms with Crippen LogP contribution >= 0.6 is 0 Å². The molecule has 0 saturated heterocycles. The Bertz CT molecular complexity index is 1270. The van der Waals surface area contributed by atoms with Crippen molar-refractivity contribution in [2.24, 2.45) is 4.99 Å². The van der Waals surface area contributed by atoms with Crippen LogP contribution in [0.3, 0.4) is 0 Å². The van der Waals surface area contributed by atoms with Gasteiger partial charge in [0.25, 0.3) is 0 Å². The molecule has 158 valence electrons. The van der Waals surface area contributed by atoms with Crippen LogP contribution < -0.4 is 10.7 Å². The van der Waals surface area contributed by atoms with Crippen molar-refractivity contribution in [2.45, 2.75) is 20.8 Å². The number of anilines is 1. The maximum Gasteiger partial charge on any atom is 0.338 e. The number of fused-ring (bicyclic) bond motifs is 2. The molecule has 1 aliphatic carbocycles.